The molecule has 0 saturated carbocycles. The van der Waals surface area contributed by atoms with E-state index in [1.54, 1.807) is 0 Å². The molecule has 4 heteroatoms. The van der Waals surface area contributed by atoms with Gasteiger partial charge in [0.1, 0.15) is 0 Å². The van der Waals surface area contributed by atoms with E-state index in [1.165, 1.54) is 114 Å². The molecule has 0 unspecified atom stereocenters. The van der Waals surface area contributed by atoms with Gasteiger partial charge in [0.2, 0.25) is 0 Å². The van der Waals surface area contributed by atoms with Crippen LogP contribution < -0.4 is 0 Å². The summed E-state index contributed by atoms with van der Waals surface area (Å²) in [5.74, 6) is 14.5. The van der Waals surface area contributed by atoms with Crippen molar-refractivity contribution in [2.75, 3.05) is 0 Å². The van der Waals surface area contributed by atoms with Gasteiger partial charge in [-0.1, -0.05) is 137 Å². The van der Waals surface area contributed by atoms with E-state index >= 15 is 0 Å². The lowest BCUT2D eigenvalue weighted by molar-refractivity contribution is 0.670. The minimum Gasteiger partial charge on any atom is -0.139 e. The Balaban J connectivity index is 1.14. The first-order valence-electron chi connectivity index (χ1n) is 22.2. The molecule has 4 heterocycles. The molecule has 0 aliphatic carbocycles. The Morgan fingerprint density at radius 1 is 0.339 bits per heavy atom. The fraction of sp³-hybridized carbons (Fsp3) is 0.207. The van der Waals surface area contributed by atoms with Crippen molar-refractivity contribution in [2.24, 2.45) is 0 Å². The van der Waals surface area contributed by atoms with Gasteiger partial charge in [-0.15, -0.1) is 45.3 Å². The predicted molar refractivity (Wildman–Crippen MR) is 275 cm³/mol. The van der Waals surface area contributed by atoms with Gasteiger partial charge in [-0.25, -0.2) is 0 Å². The molecule has 5 aromatic carbocycles. The minimum atomic E-state index is 1.00. The standard InChI is InChI=1S/C58H50S4/c1-3-5-7-15-21-45-27-33-55(59-45)57-37-35-53(61-57)43-25-31-49-48(30-24-42-19-13-10-14-20-42)52-40-44(26-32-50(52)47(51(49)39-43)29-23-41-17-11-9-12-18-41)54-36-38-58(62-54)56-34-28-46(60-56)22-16-8-6-4-2/h9-14,17-20,25-28,31-40H,3-8,15-16,21-22H2,1-2H3. The topological polar surface area (TPSA) is 0 Å². The SMILES string of the molecule is CCCCCCc1ccc(-c2ccc(-c3ccc4c(C#Cc5ccccc5)c5cc(-c6ccc(-c7ccc(CCCCCC)s7)s6)ccc5c(C#Cc5ccccc5)c4c3)s2)s1. The molecule has 0 fully saturated rings. The highest BCUT2D eigenvalue weighted by Gasteiger charge is 2.17. The lowest BCUT2D eigenvalue weighted by Crippen LogP contribution is -1.92. The van der Waals surface area contributed by atoms with Crippen molar-refractivity contribution in [3.63, 3.8) is 0 Å². The fourth-order valence-corrected chi connectivity index (χ4v) is 12.4. The second-order valence-electron chi connectivity index (χ2n) is 16.0. The molecular formula is C58H50S4. The zero-order valence-electron chi connectivity index (χ0n) is 35.6. The summed E-state index contributed by atoms with van der Waals surface area (Å²) in [6, 6.07) is 53.0. The zero-order valence-corrected chi connectivity index (χ0v) is 38.8. The van der Waals surface area contributed by atoms with Crippen LogP contribution in [-0.2, 0) is 12.8 Å². The van der Waals surface area contributed by atoms with Crippen molar-refractivity contribution in [3.05, 3.63) is 178 Å². The van der Waals surface area contributed by atoms with E-state index in [1.807, 2.05) is 57.5 Å². The number of thiophene rings is 4. The average Bonchev–Trinajstić information content (AvgIpc) is 4.16. The Hall–Kier alpha value is -5.46. The van der Waals surface area contributed by atoms with Crippen LogP contribution in [0.25, 0.3) is 61.9 Å². The van der Waals surface area contributed by atoms with Gasteiger partial charge >= 0.3 is 0 Å². The molecule has 0 nitrogen and oxygen atoms in total. The van der Waals surface area contributed by atoms with Crippen LogP contribution in [0.4, 0.5) is 0 Å². The van der Waals surface area contributed by atoms with E-state index in [2.05, 4.69) is 171 Å². The second-order valence-corrected chi connectivity index (χ2v) is 20.5. The van der Waals surface area contributed by atoms with Gasteiger partial charge in [0.25, 0.3) is 0 Å². The minimum absolute atomic E-state index is 1.00. The summed E-state index contributed by atoms with van der Waals surface area (Å²) in [6.07, 6.45) is 12.7. The Morgan fingerprint density at radius 2 is 0.742 bits per heavy atom. The summed E-state index contributed by atoms with van der Waals surface area (Å²) in [7, 11) is 0. The van der Waals surface area contributed by atoms with E-state index < -0.39 is 0 Å². The molecule has 0 radical (unpaired) electrons. The molecule has 9 rings (SSSR count). The molecule has 9 aromatic rings. The van der Waals surface area contributed by atoms with Crippen LogP contribution in [0.3, 0.4) is 0 Å². The first-order valence-corrected chi connectivity index (χ1v) is 25.5. The number of unbranched alkanes of at least 4 members (excludes halogenated alkanes) is 6. The van der Waals surface area contributed by atoms with Gasteiger partial charge < -0.3 is 0 Å². The molecule has 0 saturated heterocycles. The summed E-state index contributed by atoms with van der Waals surface area (Å²) in [6.45, 7) is 4.56. The second kappa shape index (κ2) is 20.2. The molecule has 0 spiro atoms. The van der Waals surface area contributed by atoms with Gasteiger partial charge in [-0.05, 0) is 143 Å². The number of aryl methyl sites for hydroxylation is 2. The molecule has 0 aliphatic rings. The first-order chi connectivity index (χ1) is 30.6. The van der Waals surface area contributed by atoms with Crippen LogP contribution in [0.1, 0.15) is 97.2 Å². The van der Waals surface area contributed by atoms with Crippen LogP contribution in [0.15, 0.2) is 146 Å². The Morgan fingerprint density at radius 3 is 1.18 bits per heavy atom. The summed E-state index contributed by atoms with van der Waals surface area (Å²) in [4.78, 5) is 10.9. The van der Waals surface area contributed by atoms with Gasteiger partial charge in [0, 0.05) is 61.3 Å². The number of rotatable bonds is 14. The third-order valence-electron chi connectivity index (χ3n) is 11.5. The van der Waals surface area contributed by atoms with Crippen molar-refractivity contribution in [2.45, 2.75) is 78.1 Å². The molecule has 0 bridgehead atoms. The highest BCUT2D eigenvalue weighted by Crippen LogP contribution is 2.43. The Bertz CT molecular complexity index is 2840. The predicted octanol–water partition coefficient (Wildman–Crippen LogP) is 18.0. The van der Waals surface area contributed by atoms with Crippen molar-refractivity contribution < 1.29 is 0 Å². The first kappa shape index (κ1) is 41.9. The van der Waals surface area contributed by atoms with Crippen molar-refractivity contribution in [3.8, 4) is 64.1 Å². The molecule has 306 valence electrons. The third kappa shape index (κ3) is 9.76. The van der Waals surface area contributed by atoms with E-state index in [0.29, 0.717) is 0 Å². The monoisotopic (exact) mass is 874 g/mol. The largest absolute Gasteiger partial charge is 0.139 e. The number of hydrogen-bond acceptors (Lipinski definition) is 4. The summed E-state index contributed by atoms with van der Waals surface area (Å²) < 4.78 is 0. The Kier molecular flexibility index (Phi) is 13.6. The molecule has 4 aromatic heterocycles. The number of benzene rings is 5. The highest BCUT2D eigenvalue weighted by molar-refractivity contribution is 7.24. The van der Waals surface area contributed by atoms with Gasteiger partial charge in [0.15, 0.2) is 0 Å². The van der Waals surface area contributed by atoms with Crippen LogP contribution in [0.2, 0.25) is 0 Å². The van der Waals surface area contributed by atoms with E-state index in [-0.39, 0.29) is 0 Å². The van der Waals surface area contributed by atoms with Crippen molar-refractivity contribution >= 4 is 66.9 Å². The average molecular weight is 875 g/mol. The van der Waals surface area contributed by atoms with Crippen LogP contribution in [0.5, 0.6) is 0 Å². The van der Waals surface area contributed by atoms with E-state index in [0.717, 1.165) is 43.8 Å². The van der Waals surface area contributed by atoms with Crippen molar-refractivity contribution in [1.29, 1.82) is 0 Å². The van der Waals surface area contributed by atoms with Gasteiger partial charge in [-0.2, -0.15) is 0 Å². The quantitative estimate of drug-likeness (QED) is 0.0580. The van der Waals surface area contributed by atoms with Crippen LogP contribution in [0, 0.1) is 23.7 Å². The van der Waals surface area contributed by atoms with E-state index in [4.69, 9.17) is 0 Å². The molecular weight excluding hydrogens is 825 g/mol. The molecule has 0 aliphatic heterocycles. The molecule has 0 atom stereocenters. The molecule has 0 N–H and O–H groups in total. The zero-order chi connectivity index (χ0) is 42.1. The summed E-state index contributed by atoms with van der Waals surface area (Å²) in [5, 5.41) is 4.51. The van der Waals surface area contributed by atoms with Gasteiger partial charge in [-0.3, -0.25) is 0 Å². The molecule has 62 heavy (non-hydrogen) atoms. The Labute approximate surface area is 384 Å². The maximum atomic E-state index is 3.70. The maximum Gasteiger partial charge on any atom is 0.0449 e. The summed E-state index contributed by atoms with van der Waals surface area (Å²) >= 11 is 7.66. The normalized spacial score (nSPS) is 11.1. The van der Waals surface area contributed by atoms with Crippen LogP contribution in [-0.4, -0.2) is 0 Å². The summed E-state index contributed by atoms with van der Waals surface area (Å²) in [5.41, 5.74) is 6.49. The van der Waals surface area contributed by atoms with Gasteiger partial charge in [0.05, 0.1) is 0 Å². The number of hydrogen-bond donors (Lipinski definition) is 0. The lowest BCUT2D eigenvalue weighted by Gasteiger charge is -2.13. The van der Waals surface area contributed by atoms with Crippen molar-refractivity contribution in [1.82, 2.24) is 0 Å². The van der Waals surface area contributed by atoms with Crippen LogP contribution >= 0.6 is 45.3 Å². The smallest absolute Gasteiger partial charge is 0.0449 e. The molecule has 0 amide bonds. The lowest BCUT2D eigenvalue weighted by atomic mass is 9.89. The maximum absolute atomic E-state index is 3.70. The van der Waals surface area contributed by atoms with E-state index in [9.17, 15) is 0 Å². The number of fused-ring (bicyclic) bond motifs is 2. The highest BCUT2D eigenvalue weighted by atomic mass is 32.1. The third-order valence-corrected chi connectivity index (χ3v) is 16.4. The fourth-order valence-electron chi connectivity index (χ4n) is 8.11.